The van der Waals surface area contributed by atoms with E-state index in [0.29, 0.717) is 18.4 Å². The van der Waals surface area contributed by atoms with Crippen LogP contribution < -0.4 is 4.72 Å². The highest BCUT2D eigenvalue weighted by atomic mass is 32.2. The largest absolute Gasteiger partial charge is 0.396 e. The van der Waals surface area contributed by atoms with Crippen LogP contribution in [0.1, 0.15) is 29.9 Å². The third-order valence-electron chi connectivity index (χ3n) is 3.81. The topological polar surface area (TPSA) is 66.4 Å². The number of halogens is 1. The highest BCUT2D eigenvalue weighted by Crippen LogP contribution is 2.22. The second-order valence-corrected chi connectivity index (χ2v) is 7.50. The first-order valence-electron chi connectivity index (χ1n) is 7.88. The minimum absolute atomic E-state index is 0.0512. The average Bonchev–Trinajstić information content (AvgIpc) is 2.54. The zero-order valence-electron chi connectivity index (χ0n) is 13.4. The molecule has 0 saturated carbocycles. The van der Waals surface area contributed by atoms with Crippen LogP contribution in [0.5, 0.6) is 0 Å². The lowest BCUT2D eigenvalue weighted by Crippen LogP contribution is -2.27. The molecule has 0 aromatic heterocycles. The van der Waals surface area contributed by atoms with E-state index >= 15 is 0 Å². The number of hydrogen-bond donors (Lipinski definition) is 2. The fourth-order valence-corrected chi connectivity index (χ4v) is 3.79. The Morgan fingerprint density at radius 2 is 1.79 bits per heavy atom. The molecule has 1 unspecified atom stereocenters. The van der Waals surface area contributed by atoms with Crippen LogP contribution in [0.25, 0.3) is 0 Å². The van der Waals surface area contributed by atoms with Crippen LogP contribution in [0.2, 0.25) is 0 Å². The van der Waals surface area contributed by atoms with Crippen molar-refractivity contribution in [2.45, 2.75) is 24.5 Å². The lowest BCUT2D eigenvalue weighted by atomic mass is 9.93. The molecule has 6 heteroatoms. The Morgan fingerprint density at radius 3 is 2.46 bits per heavy atom. The average molecular weight is 351 g/mol. The number of sulfonamides is 1. The molecule has 0 radical (unpaired) electrons. The maximum absolute atomic E-state index is 13.1. The van der Waals surface area contributed by atoms with Gasteiger partial charge in [0.1, 0.15) is 5.82 Å². The molecule has 0 aliphatic rings. The van der Waals surface area contributed by atoms with E-state index in [9.17, 15) is 17.9 Å². The predicted octanol–water partition coefficient (Wildman–Crippen LogP) is 2.80. The van der Waals surface area contributed by atoms with E-state index in [0.717, 1.165) is 5.56 Å². The van der Waals surface area contributed by atoms with Crippen LogP contribution in [-0.2, 0) is 15.8 Å². The van der Waals surface area contributed by atoms with Gasteiger partial charge in [-0.3, -0.25) is 0 Å². The van der Waals surface area contributed by atoms with Crippen LogP contribution in [-0.4, -0.2) is 26.7 Å². The highest BCUT2D eigenvalue weighted by molar-refractivity contribution is 7.88. The first-order valence-corrected chi connectivity index (χ1v) is 9.53. The van der Waals surface area contributed by atoms with Gasteiger partial charge in [-0.1, -0.05) is 42.5 Å². The maximum atomic E-state index is 13.1. The summed E-state index contributed by atoms with van der Waals surface area (Å²) in [7, 11) is -3.52. The number of aliphatic hydroxyl groups is 1. The molecular formula is C18H22FNO3S. The molecule has 4 nitrogen and oxygen atoms in total. The van der Waals surface area contributed by atoms with Gasteiger partial charge in [0.25, 0.3) is 0 Å². The van der Waals surface area contributed by atoms with Crippen molar-refractivity contribution in [3.05, 3.63) is 71.5 Å². The summed E-state index contributed by atoms with van der Waals surface area (Å²) in [6.45, 7) is 0.326. The third kappa shape index (κ3) is 6.03. The Balaban J connectivity index is 1.91. The molecule has 2 aromatic carbocycles. The molecule has 2 N–H and O–H groups in total. The molecule has 130 valence electrons. The van der Waals surface area contributed by atoms with E-state index in [1.54, 1.807) is 6.07 Å². The lowest BCUT2D eigenvalue weighted by Gasteiger charge is -2.16. The smallest absolute Gasteiger partial charge is 0.215 e. The summed E-state index contributed by atoms with van der Waals surface area (Å²) in [4.78, 5) is 0. The quantitative estimate of drug-likeness (QED) is 0.730. The number of rotatable bonds is 9. The number of aliphatic hydroxyl groups excluding tert-OH is 1. The van der Waals surface area contributed by atoms with Gasteiger partial charge < -0.3 is 5.11 Å². The zero-order valence-corrected chi connectivity index (χ0v) is 14.2. The molecule has 0 aliphatic carbocycles. The van der Waals surface area contributed by atoms with Crippen LogP contribution >= 0.6 is 0 Å². The summed E-state index contributed by atoms with van der Waals surface area (Å²) in [5, 5.41) is 9.20. The van der Waals surface area contributed by atoms with E-state index in [-0.39, 0.29) is 24.8 Å². The first-order chi connectivity index (χ1) is 11.5. The normalized spacial score (nSPS) is 12.9. The molecule has 2 rings (SSSR count). The molecule has 0 bridgehead atoms. The minimum Gasteiger partial charge on any atom is -0.396 e. The summed E-state index contributed by atoms with van der Waals surface area (Å²) in [5.41, 5.74) is 1.49. The van der Waals surface area contributed by atoms with Crippen LogP contribution in [0.4, 0.5) is 4.39 Å². The molecule has 0 saturated heterocycles. The van der Waals surface area contributed by atoms with Gasteiger partial charge in [-0.05, 0) is 42.0 Å². The van der Waals surface area contributed by atoms with Crippen molar-refractivity contribution < 1.29 is 17.9 Å². The number of benzene rings is 2. The summed E-state index contributed by atoms with van der Waals surface area (Å²) < 4.78 is 39.9. The molecule has 0 amide bonds. The molecule has 24 heavy (non-hydrogen) atoms. The molecule has 2 aromatic rings. The van der Waals surface area contributed by atoms with Gasteiger partial charge in [-0.2, -0.15) is 0 Å². The van der Waals surface area contributed by atoms with Crippen molar-refractivity contribution in [1.82, 2.24) is 4.72 Å². The van der Waals surface area contributed by atoms with Crippen molar-refractivity contribution in [1.29, 1.82) is 0 Å². The number of hydrogen-bond acceptors (Lipinski definition) is 3. The second kappa shape index (κ2) is 8.92. The molecule has 1 atom stereocenters. The predicted molar refractivity (Wildman–Crippen MR) is 92.5 cm³/mol. The standard InChI is InChI=1S/C18H22FNO3S/c19-18-8-4-5-15(13-18)14-24(22,23)20-11-9-17(10-12-21)16-6-2-1-3-7-16/h1-8,13,17,20-21H,9-12,14H2. The van der Waals surface area contributed by atoms with Crippen molar-refractivity contribution in [2.75, 3.05) is 13.2 Å². The van der Waals surface area contributed by atoms with Crippen molar-refractivity contribution in [3.8, 4) is 0 Å². The molecule has 0 aliphatic heterocycles. The van der Waals surface area contributed by atoms with Gasteiger partial charge in [-0.25, -0.2) is 17.5 Å². The summed E-state index contributed by atoms with van der Waals surface area (Å²) >= 11 is 0. The van der Waals surface area contributed by atoms with Gasteiger partial charge >= 0.3 is 0 Å². The van der Waals surface area contributed by atoms with Crippen molar-refractivity contribution >= 4 is 10.0 Å². The van der Waals surface area contributed by atoms with Crippen molar-refractivity contribution in [2.24, 2.45) is 0 Å². The minimum atomic E-state index is -3.52. The van der Waals surface area contributed by atoms with Crippen LogP contribution in [0.3, 0.4) is 0 Å². The van der Waals surface area contributed by atoms with E-state index < -0.39 is 15.8 Å². The first kappa shape index (κ1) is 18.6. The Morgan fingerprint density at radius 1 is 1.04 bits per heavy atom. The number of nitrogens with one attached hydrogen (secondary N) is 1. The summed E-state index contributed by atoms with van der Waals surface area (Å²) in [6, 6.07) is 15.3. The molecule has 0 spiro atoms. The molecule has 0 fully saturated rings. The van der Waals surface area contributed by atoms with Gasteiger partial charge in [0.05, 0.1) is 5.75 Å². The van der Waals surface area contributed by atoms with Crippen LogP contribution in [0, 0.1) is 5.82 Å². The summed E-state index contributed by atoms with van der Waals surface area (Å²) in [6.07, 6.45) is 1.17. The lowest BCUT2D eigenvalue weighted by molar-refractivity contribution is 0.273. The van der Waals surface area contributed by atoms with Crippen LogP contribution in [0.15, 0.2) is 54.6 Å². The molecular weight excluding hydrogens is 329 g/mol. The summed E-state index contributed by atoms with van der Waals surface area (Å²) in [5.74, 6) is -0.608. The fraction of sp³-hybridized carbons (Fsp3) is 0.333. The monoisotopic (exact) mass is 351 g/mol. The van der Waals surface area contributed by atoms with E-state index in [2.05, 4.69) is 4.72 Å². The fourth-order valence-electron chi connectivity index (χ4n) is 2.64. The van der Waals surface area contributed by atoms with Gasteiger partial charge in [0, 0.05) is 13.2 Å². The van der Waals surface area contributed by atoms with Gasteiger partial charge in [-0.15, -0.1) is 0 Å². The Bertz CT molecular complexity index is 735. The zero-order chi connectivity index (χ0) is 17.4. The van der Waals surface area contributed by atoms with Gasteiger partial charge in [0.2, 0.25) is 10.0 Å². The Hall–Kier alpha value is -1.76. The molecule has 0 heterocycles. The SMILES string of the molecule is O=S(=O)(Cc1cccc(F)c1)NCCC(CCO)c1ccccc1. The van der Waals surface area contributed by atoms with Gasteiger partial charge in [0.15, 0.2) is 0 Å². The van der Waals surface area contributed by atoms with E-state index in [4.69, 9.17) is 0 Å². The van der Waals surface area contributed by atoms with E-state index in [1.807, 2.05) is 30.3 Å². The third-order valence-corrected chi connectivity index (χ3v) is 5.17. The highest BCUT2D eigenvalue weighted by Gasteiger charge is 2.15. The Labute approximate surface area is 142 Å². The van der Waals surface area contributed by atoms with E-state index in [1.165, 1.54) is 18.2 Å². The Kier molecular flexibility index (Phi) is 6.90. The maximum Gasteiger partial charge on any atom is 0.215 e. The second-order valence-electron chi connectivity index (χ2n) is 5.69. The van der Waals surface area contributed by atoms with Crippen molar-refractivity contribution in [3.63, 3.8) is 0 Å².